The summed E-state index contributed by atoms with van der Waals surface area (Å²) in [6.07, 6.45) is -0.673. The molecule has 0 radical (unpaired) electrons. The molecule has 0 bridgehead atoms. The Morgan fingerprint density at radius 3 is 2.80 bits per heavy atom. The van der Waals surface area contributed by atoms with Crippen LogP contribution in [0.4, 0.5) is 4.79 Å². The highest BCUT2D eigenvalue weighted by Crippen LogP contribution is 2.38. The van der Waals surface area contributed by atoms with Crippen molar-refractivity contribution in [2.75, 3.05) is 20.8 Å². The number of ether oxygens (including phenoxy) is 2. The zero-order valence-electron chi connectivity index (χ0n) is 18.7. The van der Waals surface area contributed by atoms with Gasteiger partial charge in [0.1, 0.15) is 5.15 Å². The Morgan fingerprint density at radius 1 is 1.23 bits per heavy atom. The van der Waals surface area contributed by atoms with Crippen LogP contribution in [0.3, 0.4) is 0 Å². The first kappa shape index (κ1) is 22.7. The van der Waals surface area contributed by atoms with Crippen molar-refractivity contribution in [1.29, 1.82) is 0 Å². The van der Waals surface area contributed by atoms with Crippen molar-refractivity contribution in [1.82, 2.24) is 25.0 Å². The number of nitrogens with zero attached hydrogens (tertiary/aromatic N) is 4. The number of H-pyrrole nitrogens is 1. The number of amides is 1. The number of esters is 1. The maximum absolute atomic E-state index is 12.0. The Balaban J connectivity index is 1.53. The highest BCUT2D eigenvalue weighted by atomic mass is 35.5. The van der Waals surface area contributed by atoms with Gasteiger partial charge >= 0.3 is 12.1 Å². The maximum Gasteiger partial charge on any atom is 0.407 e. The molecule has 5 rings (SSSR count). The molecule has 1 aliphatic rings. The third-order valence-corrected chi connectivity index (χ3v) is 6.19. The topological polar surface area (TPSA) is 144 Å². The van der Waals surface area contributed by atoms with Crippen LogP contribution in [0.5, 0.6) is 5.88 Å². The molecule has 0 spiro atoms. The second-order valence-electron chi connectivity index (χ2n) is 7.94. The highest BCUT2D eigenvalue weighted by Gasteiger charge is 2.35. The molecule has 0 saturated carbocycles. The fourth-order valence-electron chi connectivity index (χ4n) is 4.35. The Hall–Kier alpha value is -4.12. The van der Waals surface area contributed by atoms with E-state index in [1.165, 1.54) is 19.1 Å². The van der Waals surface area contributed by atoms with Gasteiger partial charge in [0.05, 0.1) is 26.7 Å². The molecule has 0 fully saturated rings. The number of aromatic amines is 1. The number of carbonyl (C=O) groups excluding carboxylic acids is 1. The Labute approximate surface area is 203 Å². The summed E-state index contributed by atoms with van der Waals surface area (Å²) in [6.45, 7) is 0.262. The lowest BCUT2D eigenvalue weighted by Gasteiger charge is -2.33. The first-order valence-corrected chi connectivity index (χ1v) is 11.0. The van der Waals surface area contributed by atoms with Gasteiger partial charge in [0, 0.05) is 40.3 Å². The summed E-state index contributed by atoms with van der Waals surface area (Å²) in [5.41, 5.74) is 3.73. The average molecular weight is 498 g/mol. The van der Waals surface area contributed by atoms with Gasteiger partial charge in [-0.05, 0) is 36.2 Å². The molecule has 1 atom stereocenters. The number of carbonyl (C=O) groups is 2. The molecule has 180 valence electrons. The molecule has 4 heterocycles. The molecular weight excluding hydrogens is 478 g/mol. The summed E-state index contributed by atoms with van der Waals surface area (Å²) in [7, 11) is 2.77. The summed E-state index contributed by atoms with van der Waals surface area (Å²) in [6, 6.07) is 8.20. The van der Waals surface area contributed by atoms with Gasteiger partial charge in [-0.1, -0.05) is 16.8 Å². The molecule has 0 saturated heterocycles. The first-order valence-electron chi connectivity index (χ1n) is 10.6. The molecule has 1 amide bonds. The standard InChI is InChI=1S/C23H20ClN5O6/c1-33-18-9-12(8-17(24)26-18)22-27-21(28-35-22)11-3-4-15-14(7-11)13-5-6-29(23(31)32)16(20(13)25-15)10-19(30)34-2/h3-4,7-9,16,25H,5-6,10H2,1-2H3,(H,31,32). The second-order valence-corrected chi connectivity index (χ2v) is 8.33. The Morgan fingerprint density at radius 2 is 2.06 bits per heavy atom. The summed E-state index contributed by atoms with van der Waals surface area (Å²) in [4.78, 5) is 36.9. The molecule has 1 unspecified atom stereocenters. The maximum atomic E-state index is 12.0. The molecule has 4 aromatic rings. The highest BCUT2D eigenvalue weighted by molar-refractivity contribution is 6.29. The van der Waals surface area contributed by atoms with E-state index in [-0.39, 0.29) is 24.0 Å². The van der Waals surface area contributed by atoms with Gasteiger partial charge in [-0.25, -0.2) is 9.78 Å². The molecule has 11 nitrogen and oxygen atoms in total. The number of rotatable bonds is 5. The number of carboxylic acid groups (broad SMARTS) is 1. The summed E-state index contributed by atoms with van der Waals surface area (Å²) in [5, 5.41) is 14.9. The number of hydrogen-bond acceptors (Lipinski definition) is 8. The van der Waals surface area contributed by atoms with E-state index in [0.717, 1.165) is 16.5 Å². The molecular formula is C23H20ClN5O6. The van der Waals surface area contributed by atoms with Crippen LogP contribution in [0.1, 0.15) is 23.7 Å². The first-order chi connectivity index (χ1) is 16.9. The number of hydrogen-bond donors (Lipinski definition) is 2. The normalized spacial score (nSPS) is 15.2. The number of fused-ring (bicyclic) bond motifs is 3. The van der Waals surface area contributed by atoms with E-state index in [4.69, 9.17) is 25.6 Å². The fourth-order valence-corrected chi connectivity index (χ4v) is 4.55. The lowest BCUT2D eigenvalue weighted by molar-refractivity contribution is -0.142. The van der Waals surface area contributed by atoms with Gasteiger partial charge in [-0.3, -0.25) is 9.69 Å². The quantitative estimate of drug-likeness (QED) is 0.307. The summed E-state index contributed by atoms with van der Waals surface area (Å²) in [5.74, 6) is 0.469. The van der Waals surface area contributed by atoms with Crippen molar-refractivity contribution < 1.29 is 28.7 Å². The van der Waals surface area contributed by atoms with Gasteiger partial charge in [-0.15, -0.1) is 0 Å². The van der Waals surface area contributed by atoms with Crippen LogP contribution in [0.25, 0.3) is 33.7 Å². The van der Waals surface area contributed by atoms with Crippen LogP contribution in [-0.2, 0) is 16.0 Å². The largest absolute Gasteiger partial charge is 0.481 e. The molecule has 1 aromatic carbocycles. The van der Waals surface area contributed by atoms with Crippen LogP contribution in [0.15, 0.2) is 34.9 Å². The van der Waals surface area contributed by atoms with E-state index in [1.807, 2.05) is 18.2 Å². The molecule has 3 aromatic heterocycles. The third kappa shape index (κ3) is 4.14. The van der Waals surface area contributed by atoms with Crippen molar-refractivity contribution >= 4 is 34.6 Å². The predicted molar refractivity (Wildman–Crippen MR) is 124 cm³/mol. The third-order valence-electron chi connectivity index (χ3n) is 6.00. The Bertz CT molecular complexity index is 1450. The Kier molecular flexibility index (Phi) is 5.77. The van der Waals surface area contributed by atoms with Crippen molar-refractivity contribution in [3.8, 4) is 28.7 Å². The minimum absolute atomic E-state index is 0.0817. The number of nitrogens with one attached hydrogen (secondary N) is 1. The van der Waals surface area contributed by atoms with Gasteiger partial charge < -0.3 is 24.1 Å². The van der Waals surface area contributed by atoms with E-state index < -0.39 is 18.1 Å². The second kappa shape index (κ2) is 8.91. The fraction of sp³-hybridized carbons (Fsp3) is 0.261. The monoisotopic (exact) mass is 497 g/mol. The minimum Gasteiger partial charge on any atom is -0.481 e. The zero-order chi connectivity index (χ0) is 24.7. The number of pyridine rings is 1. The zero-order valence-corrected chi connectivity index (χ0v) is 19.5. The number of methoxy groups -OCH3 is 2. The van der Waals surface area contributed by atoms with E-state index >= 15 is 0 Å². The van der Waals surface area contributed by atoms with Gasteiger partial charge in [0.25, 0.3) is 5.89 Å². The smallest absolute Gasteiger partial charge is 0.407 e. The van der Waals surface area contributed by atoms with Gasteiger partial charge in [0.2, 0.25) is 11.7 Å². The molecule has 1 aliphatic heterocycles. The van der Waals surface area contributed by atoms with E-state index in [0.29, 0.717) is 34.9 Å². The van der Waals surface area contributed by atoms with Crippen molar-refractivity contribution in [3.05, 3.63) is 46.7 Å². The number of halogens is 1. The van der Waals surface area contributed by atoms with E-state index in [1.54, 1.807) is 12.1 Å². The van der Waals surface area contributed by atoms with Crippen LogP contribution >= 0.6 is 11.6 Å². The van der Waals surface area contributed by atoms with Gasteiger partial charge in [0.15, 0.2) is 0 Å². The van der Waals surface area contributed by atoms with Crippen LogP contribution in [0, 0.1) is 0 Å². The summed E-state index contributed by atoms with van der Waals surface area (Å²) < 4.78 is 15.4. The lowest BCUT2D eigenvalue weighted by atomic mass is 9.95. The van der Waals surface area contributed by atoms with Crippen molar-refractivity contribution in [3.63, 3.8) is 0 Å². The van der Waals surface area contributed by atoms with Crippen LogP contribution in [-0.4, -0.2) is 62.9 Å². The van der Waals surface area contributed by atoms with Crippen molar-refractivity contribution in [2.45, 2.75) is 18.9 Å². The SMILES string of the molecule is COC(=O)CC1c2[nH]c3ccc(-c4noc(-c5cc(Cl)nc(OC)c5)n4)cc3c2CCN1C(=O)O. The number of benzene rings is 1. The summed E-state index contributed by atoms with van der Waals surface area (Å²) >= 11 is 6.05. The van der Waals surface area contributed by atoms with Gasteiger partial charge in [-0.2, -0.15) is 4.98 Å². The molecule has 35 heavy (non-hydrogen) atoms. The van der Waals surface area contributed by atoms with Crippen LogP contribution in [0.2, 0.25) is 5.15 Å². The minimum atomic E-state index is -1.09. The molecule has 0 aliphatic carbocycles. The van der Waals surface area contributed by atoms with E-state index in [9.17, 15) is 14.7 Å². The number of aromatic nitrogens is 4. The van der Waals surface area contributed by atoms with E-state index in [2.05, 4.69) is 20.1 Å². The predicted octanol–water partition coefficient (Wildman–Crippen LogP) is 4.08. The lowest BCUT2D eigenvalue weighted by Crippen LogP contribution is -2.40. The van der Waals surface area contributed by atoms with Crippen molar-refractivity contribution in [2.24, 2.45) is 0 Å². The molecule has 2 N–H and O–H groups in total. The average Bonchev–Trinajstić information content (AvgIpc) is 3.48. The van der Waals surface area contributed by atoms with Crippen LogP contribution < -0.4 is 4.74 Å². The molecule has 12 heteroatoms.